The third-order valence-corrected chi connectivity index (χ3v) is 5.39. The van der Waals surface area contributed by atoms with E-state index in [-0.39, 0.29) is 23.7 Å². The van der Waals surface area contributed by atoms with Crippen LogP contribution in [0.5, 0.6) is 5.88 Å². The van der Waals surface area contributed by atoms with Crippen LogP contribution in [0.3, 0.4) is 0 Å². The smallest absolute Gasteiger partial charge is 0.310 e. The highest BCUT2D eigenvalue weighted by Crippen LogP contribution is 2.24. The van der Waals surface area contributed by atoms with Gasteiger partial charge in [-0.3, -0.25) is 9.59 Å². The van der Waals surface area contributed by atoms with E-state index in [0.717, 1.165) is 18.4 Å². The van der Waals surface area contributed by atoms with Gasteiger partial charge < -0.3 is 15.2 Å². The van der Waals surface area contributed by atoms with Gasteiger partial charge in [0.1, 0.15) is 0 Å². The number of hydrogen-bond donors (Lipinski definition) is 2. The van der Waals surface area contributed by atoms with E-state index in [4.69, 9.17) is 20.1 Å². The predicted octanol–water partition coefficient (Wildman–Crippen LogP) is 1.92. The number of nitrogen functional groups attached to an aromatic ring is 1. The van der Waals surface area contributed by atoms with Gasteiger partial charge in [-0.1, -0.05) is 12.1 Å². The van der Waals surface area contributed by atoms with Gasteiger partial charge in [0.15, 0.2) is 11.2 Å². The van der Waals surface area contributed by atoms with Crippen molar-refractivity contribution in [3.63, 3.8) is 0 Å². The van der Waals surface area contributed by atoms with E-state index in [1.54, 1.807) is 42.4 Å². The minimum absolute atomic E-state index is 0.0570. The van der Waals surface area contributed by atoms with E-state index in [1.165, 1.54) is 0 Å². The Morgan fingerprint density at radius 2 is 1.94 bits per heavy atom. The second-order valence-corrected chi connectivity index (χ2v) is 7.83. The van der Waals surface area contributed by atoms with Gasteiger partial charge in [0.25, 0.3) is 5.91 Å². The lowest BCUT2D eigenvalue weighted by atomic mass is 10.00. The summed E-state index contributed by atoms with van der Waals surface area (Å²) in [6.45, 7) is 5.30. The molecule has 12 nitrogen and oxygen atoms in total. The SMILES string of the molecule is CCOC(=O)C1CCCN(ONC(=O)c2ccc(-c3cnc4nc(N)nc(OCC)c4n3)cc2)C1. The Hall–Kier alpha value is -3.90. The summed E-state index contributed by atoms with van der Waals surface area (Å²) in [5.74, 6) is -0.611. The number of nitrogens with one attached hydrogen (secondary N) is 1. The average molecular weight is 482 g/mol. The first-order valence-corrected chi connectivity index (χ1v) is 11.4. The number of rotatable bonds is 8. The molecule has 1 saturated heterocycles. The van der Waals surface area contributed by atoms with Gasteiger partial charge in [0.05, 0.1) is 31.0 Å². The van der Waals surface area contributed by atoms with Crippen molar-refractivity contribution in [2.24, 2.45) is 5.92 Å². The highest BCUT2D eigenvalue weighted by molar-refractivity contribution is 5.94. The van der Waals surface area contributed by atoms with Crippen LogP contribution in [-0.2, 0) is 14.5 Å². The van der Waals surface area contributed by atoms with Crippen LogP contribution in [0, 0.1) is 5.92 Å². The zero-order valence-corrected chi connectivity index (χ0v) is 19.6. The molecule has 2 aromatic heterocycles. The van der Waals surface area contributed by atoms with Crippen LogP contribution in [0.1, 0.15) is 37.0 Å². The second kappa shape index (κ2) is 11.0. The summed E-state index contributed by atoms with van der Waals surface area (Å²) in [6.07, 6.45) is 3.07. The topological polar surface area (TPSA) is 155 Å². The summed E-state index contributed by atoms with van der Waals surface area (Å²) in [4.78, 5) is 47.0. The third kappa shape index (κ3) is 5.78. The highest BCUT2D eigenvalue weighted by Gasteiger charge is 2.28. The zero-order chi connectivity index (χ0) is 24.8. The van der Waals surface area contributed by atoms with E-state index in [2.05, 4.69) is 25.4 Å². The molecule has 1 aromatic carbocycles. The molecular formula is C23H27N7O5. The largest absolute Gasteiger partial charge is 0.476 e. The molecule has 0 aliphatic carbocycles. The summed E-state index contributed by atoms with van der Waals surface area (Å²) >= 11 is 0. The Bertz CT molecular complexity index is 1200. The molecule has 0 saturated carbocycles. The minimum Gasteiger partial charge on any atom is -0.476 e. The van der Waals surface area contributed by atoms with E-state index in [0.29, 0.717) is 48.7 Å². The molecule has 1 unspecified atom stereocenters. The first-order valence-electron chi connectivity index (χ1n) is 11.4. The number of piperidine rings is 1. The first-order chi connectivity index (χ1) is 17.0. The van der Waals surface area contributed by atoms with Crippen LogP contribution in [0.2, 0.25) is 0 Å². The van der Waals surface area contributed by atoms with Gasteiger partial charge in [-0.25, -0.2) is 15.4 Å². The number of esters is 1. The lowest BCUT2D eigenvalue weighted by molar-refractivity contribution is -0.215. The molecule has 0 spiro atoms. The molecule has 3 heterocycles. The van der Waals surface area contributed by atoms with Gasteiger partial charge in [0, 0.05) is 24.2 Å². The van der Waals surface area contributed by atoms with Crippen molar-refractivity contribution >= 4 is 29.0 Å². The maximum Gasteiger partial charge on any atom is 0.310 e. The van der Waals surface area contributed by atoms with Gasteiger partial charge in [0.2, 0.25) is 11.8 Å². The summed E-state index contributed by atoms with van der Waals surface area (Å²) < 4.78 is 10.6. The van der Waals surface area contributed by atoms with Crippen molar-refractivity contribution in [2.45, 2.75) is 26.7 Å². The number of fused-ring (bicyclic) bond motifs is 1. The highest BCUT2D eigenvalue weighted by atomic mass is 16.8. The Morgan fingerprint density at radius 3 is 2.69 bits per heavy atom. The molecular weight excluding hydrogens is 454 g/mol. The maximum absolute atomic E-state index is 12.5. The number of ether oxygens (including phenoxy) is 2. The van der Waals surface area contributed by atoms with Gasteiger partial charge >= 0.3 is 5.97 Å². The fourth-order valence-corrected chi connectivity index (χ4v) is 3.71. The second-order valence-electron chi connectivity index (χ2n) is 7.83. The summed E-state index contributed by atoms with van der Waals surface area (Å²) in [5, 5.41) is 1.56. The number of benzene rings is 1. The zero-order valence-electron chi connectivity index (χ0n) is 19.6. The fourth-order valence-electron chi connectivity index (χ4n) is 3.71. The van der Waals surface area contributed by atoms with Crippen molar-refractivity contribution in [1.29, 1.82) is 0 Å². The van der Waals surface area contributed by atoms with Gasteiger partial charge in [-0.2, -0.15) is 20.0 Å². The van der Waals surface area contributed by atoms with Gasteiger partial charge in [-0.15, -0.1) is 0 Å². The number of amides is 1. The van der Waals surface area contributed by atoms with E-state index < -0.39 is 5.91 Å². The van der Waals surface area contributed by atoms with Crippen molar-refractivity contribution < 1.29 is 24.0 Å². The lowest BCUT2D eigenvalue weighted by Crippen LogP contribution is -2.43. The van der Waals surface area contributed by atoms with Crippen LogP contribution in [0.15, 0.2) is 30.5 Å². The number of nitrogens with zero attached hydrogens (tertiary/aromatic N) is 5. The molecule has 3 aromatic rings. The summed E-state index contributed by atoms with van der Waals surface area (Å²) in [7, 11) is 0. The number of nitrogens with two attached hydrogens (primary N) is 1. The molecule has 35 heavy (non-hydrogen) atoms. The number of carbonyl (C=O) groups excluding carboxylic acids is 2. The Labute approximate surface area is 201 Å². The maximum atomic E-state index is 12.5. The monoisotopic (exact) mass is 481 g/mol. The molecule has 1 aliphatic heterocycles. The first kappa shape index (κ1) is 24.2. The molecule has 0 bridgehead atoms. The fraction of sp³-hybridized carbons (Fsp3) is 0.391. The molecule has 1 atom stereocenters. The van der Waals surface area contributed by atoms with Crippen LogP contribution in [0.4, 0.5) is 5.95 Å². The number of aromatic nitrogens is 4. The minimum atomic E-state index is -0.415. The molecule has 1 aliphatic rings. The molecule has 4 rings (SSSR count). The number of hydrogen-bond acceptors (Lipinski definition) is 11. The van der Waals surface area contributed by atoms with Crippen LogP contribution in [-0.4, -0.2) is 63.2 Å². The molecule has 12 heteroatoms. The van der Waals surface area contributed by atoms with E-state index in [9.17, 15) is 9.59 Å². The Morgan fingerprint density at radius 1 is 1.14 bits per heavy atom. The summed E-state index contributed by atoms with van der Waals surface area (Å²) in [5.41, 5.74) is 10.6. The van der Waals surface area contributed by atoms with E-state index in [1.807, 2.05) is 6.92 Å². The van der Waals surface area contributed by atoms with Crippen LogP contribution in [0.25, 0.3) is 22.4 Å². The number of hydroxylamine groups is 3. The lowest BCUT2D eigenvalue weighted by Gasteiger charge is -2.29. The molecule has 0 radical (unpaired) electrons. The normalized spacial score (nSPS) is 16.1. The van der Waals surface area contributed by atoms with Gasteiger partial charge in [-0.05, 0) is 38.8 Å². The quantitative estimate of drug-likeness (QED) is 0.358. The molecule has 184 valence electrons. The van der Waals surface area contributed by atoms with Crippen molar-refractivity contribution in [2.75, 3.05) is 32.0 Å². The average Bonchev–Trinajstić information content (AvgIpc) is 2.87. The van der Waals surface area contributed by atoms with Crippen molar-refractivity contribution in [3.05, 3.63) is 36.0 Å². The number of anilines is 1. The Balaban J connectivity index is 1.41. The van der Waals surface area contributed by atoms with Crippen molar-refractivity contribution in [1.82, 2.24) is 30.5 Å². The van der Waals surface area contributed by atoms with Crippen molar-refractivity contribution in [3.8, 4) is 17.1 Å². The van der Waals surface area contributed by atoms with Crippen LogP contribution >= 0.6 is 0 Å². The molecule has 1 fully saturated rings. The predicted molar refractivity (Wildman–Crippen MR) is 126 cm³/mol. The number of carbonyl (C=O) groups is 2. The van der Waals surface area contributed by atoms with E-state index >= 15 is 0 Å². The summed E-state index contributed by atoms with van der Waals surface area (Å²) in [6, 6.07) is 6.81. The molecule has 3 N–H and O–H groups in total. The molecule has 1 amide bonds. The third-order valence-electron chi connectivity index (χ3n) is 5.39. The Kier molecular flexibility index (Phi) is 7.63. The van der Waals surface area contributed by atoms with Crippen LogP contribution < -0.4 is 16.0 Å². The standard InChI is InChI=1S/C23H27N7O5/c1-3-33-21-18-19(27-23(24)28-21)25-12-17(26-18)14-7-9-15(10-8-14)20(31)29-35-30-11-5-6-16(13-30)22(32)34-4-2/h7-10,12,16H,3-6,11,13H2,1-2H3,(H,29,31)(H2,24,25,27,28).